The maximum absolute atomic E-state index is 12.6. The van der Waals surface area contributed by atoms with Crippen LogP contribution in [0.1, 0.15) is 57.7 Å². The van der Waals surface area contributed by atoms with Crippen LogP contribution in [0.15, 0.2) is 42.5 Å². The minimum Gasteiger partial charge on any atom is -0.289 e. The molecule has 0 N–H and O–H groups in total. The molecule has 0 bridgehead atoms. The smallest absolute Gasteiger partial charge is 0.194 e. The highest BCUT2D eigenvalue weighted by Gasteiger charge is 2.29. The van der Waals surface area contributed by atoms with Crippen molar-refractivity contribution in [3.05, 3.63) is 70.3 Å². The van der Waals surface area contributed by atoms with Crippen LogP contribution in [-0.4, -0.2) is 11.6 Å². The first-order chi connectivity index (χ1) is 10.1. The van der Waals surface area contributed by atoms with Crippen molar-refractivity contribution < 1.29 is 9.59 Å². The van der Waals surface area contributed by atoms with Gasteiger partial charge in [-0.25, -0.2) is 0 Å². The maximum atomic E-state index is 12.6. The number of carbonyl (C=O) groups is 2. The number of rotatable bonds is 3. The number of hydrogen-bond acceptors (Lipinski definition) is 2. The fourth-order valence-corrected chi connectivity index (χ4v) is 2.76. The first-order valence-electron chi connectivity index (χ1n) is 7.39. The monoisotopic (exact) mass is 278 g/mol. The molecule has 0 heterocycles. The van der Waals surface area contributed by atoms with E-state index in [1.165, 1.54) is 0 Å². The Hall–Kier alpha value is -2.22. The average molecular weight is 278 g/mol. The molecule has 2 aromatic rings. The van der Waals surface area contributed by atoms with E-state index in [2.05, 4.69) is 13.8 Å². The van der Waals surface area contributed by atoms with Crippen LogP contribution >= 0.6 is 0 Å². The predicted octanol–water partition coefficient (Wildman–Crippen LogP) is 4.05. The standard InChI is InChI=1S/C19H18O2/c1-12(2)7-8-13-9-10-16-17(11-13)19(21)15-6-4-3-5-14(15)18(16)20/h3-6,9-12H,7-8H2,1-2H3. The highest BCUT2D eigenvalue weighted by molar-refractivity contribution is 6.28. The molecule has 2 aromatic carbocycles. The molecule has 0 atom stereocenters. The Balaban J connectivity index is 2.02. The summed E-state index contributed by atoms with van der Waals surface area (Å²) in [5.74, 6) is 0.543. The van der Waals surface area contributed by atoms with Gasteiger partial charge in [0.25, 0.3) is 0 Å². The van der Waals surface area contributed by atoms with Crippen molar-refractivity contribution in [1.29, 1.82) is 0 Å². The molecule has 0 unspecified atom stereocenters. The second kappa shape index (κ2) is 5.28. The number of hydrogen-bond donors (Lipinski definition) is 0. The minimum atomic E-state index is -0.0457. The molecule has 0 amide bonds. The number of fused-ring (bicyclic) bond motifs is 2. The molecule has 0 fully saturated rings. The summed E-state index contributed by atoms with van der Waals surface area (Å²) in [5, 5.41) is 0. The molecule has 0 radical (unpaired) electrons. The lowest BCUT2D eigenvalue weighted by molar-refractivity contribution is 0.0979. The Kier molecular flexibility index (Phi) is 3.46. The molecule has 2 nitrogen and oxygen atoms in total. The average Bonchev–Trinajstić information content (AvgIpc) is 2.50. The topological polar surface area (TPSA) is 34.1 Å². The van der Waals surface area contributed by atoms with Gasteiger partial charge in [-0.3, -0.25) is 9.59 Å². The summed E-state index contributed by atoms with van der Waals surface area (Å²) < 4.78 is 0. The SMILES string of the molecule is CC(C)CCc1ccc2c(c1)C(=O)c1ccccc1C2=O. The lowest BCUT2D eigenvalue weighted by Gasteiger charge is -2.18. The Morgan fingerprint density at radius 3 is 2.00 bits per heavy atom. The third-order valence-electron chi connectivity index (χ3n) is 4.00. The molecule has 1 aliphatic rings. The predicted molar refractivity (Wildman–Crippen MR) is 82.9 cm³/mol. The molecule has 21 heavy (non-hydrogen) atoms. The van der Waals surface area contributed by atoms with E-state index in [9.17, 15) is 9.59 Å². The molecule has 1 aliphatic carbocycles. The quantitative estimate of drug-likeness (QED) is 0.724. The van der Waals surface area contributed by atoms with Gasteiger partial charge in [0.1, 0.15) is 0 Å². The van der Waals surface area contributed by atoms with Crippen LogP contribution in [0, 0.1) is 5.92 Å². The fourth-order valence-electron chi connectivity index (χ4n) is 2.76. The first-order valence-corrected chi connectivity index (χ1v) is 7.39. The van der Waals surface area contributed by atoms with Crippen molar-refractivity contribution in [3.63, 3.8) is 0 Å². The Morgan fingerprint density at radius 2 is 1.38 bits per heavy atom. The van der Waals surface area contributed by atoms with E-state index in [0.717, 1.165) is 18.4 Å². The fraction of sp³-hybridized carbons (Fsp3) is 0.263. The van der Waals surface area contributed by atoms with E-state index in [-0.39, 0.29) is 11.6 Å². The number of carbonyl (C=O) groups excluding carboxylic acids is 2. The molecule has 0 spiro atoms. The molecule has 0 aromatic heterocycles. The van der Waals surface area contributed by atoms with Gasteiger partial charge in [0.2, 0.25) is 0 Å². The number of benzene rings is 2. The van der Waals surface area contributed by atoms with Crippen molar-refractivity contribution in [2.24, 2.45) is 5.92 Å². The van der Waals surface area contributed by atoms with E-state index in [0.29, 0.717) is 28.2 Å². The largest absolute Gasteiger partial charge is 0.289 e. The second-order valence-electron chi connectivity index (χ2n) is 6.02. The molecular weight excluding hydrogens is 260 g/mol. The zero-order valence-corrected chi connectivity index (χ0v) is 12.3. The van der Waals surface area contributed by atoms with E-state index in [1.807, 2.05) is 12.1 Å². The third-order valence-corrected chi connectivity index (χ3v) is 4.00. The Morgan fingerprint density at radius 1 is 0.810 bits per heavy atom. The zero-order valence-electron chi connectivity index (χ0n) is 12.3. The molecule has 106 valence electrons. The zero-order chi connectivity index (χ0) is 15.0. The van der Waals surface area contributed by atoms with Crippen molar-refractivity contribution in [2.45, 2.75) is 26.7 Å². The molecule has 0 saturated heterocycles. The second-order valence-corrected chi connectivity index (χ2v) is 6.02. The lowest BCUT2D eigenvalue weighted by atomic mass is 9.83. The van der Waals surface area contributed by atoms with Crippen molar-refractivity contribution in [1.82, 2.24) is 0 Å². The van der Waals surface area contributed by atoms with Gasteiger partial charge in [-0.2, -0.15) is 0 Å². The normalized spacial score (nSPS) is 13.3. The van der Waals surface area contributed by atoms with Crippen LogP contribution < -0.4 is 0 Å². The summed E-state index contributed by atoms with van der Waals surface area (Å²) in [5.41, 5.74) is 3.26. The summed E-state index contributed by atoms with van der Waals surface area (Å²) in [7, 11) is 0. The van der Waals surface area contributed by atoms with Crippen LogP contribution in [0.5, 0.6) is 0 Å². The molecule has 0 aliphatic heterocycles. The number of aryl methyl sites for hydroxylation is 1. The van der Waals surface area contributed by atoms with Gasteiger partial charge >= 0.3 is 0 Å². The molecule has 0 saturated carbocycles. The third kappa shape index (κ3) is 2.42. The molecule has 2 heteroatoms. The molecular formula is C19H18O2. The van der Waals surface area contributed by atoms with Gasteiger partial charge in [-0.05, 0) is 30.4 Å². The summed E-state index contributed by atoms with van der Waals surface area (Å²) >= 11 is 0. The van der Waals surface area contributed by atoms with Crippen LogP contribution in [0.3, 0.4) is 0 Å². The highest BCUT2D eigenvalue weighted by atomic mass is 16.1. The van der Waals surface area contributed by atoms with Gasteiger partial charge < -0.3 is 0 Å². The van der Waals surface area contributed by atoms with E-state index >= 15 is 0 Å². The molecule has 3 rings (SSSR count). The van der Waals surface area contributed by atoms with Gasteiger partial charge in [-0.1, -0.05) is 50.2 Å². The summed E-state index contributed by atoms with van der Waals surface area (Å²) in [6.07, 6.45) is 2.02. The van der Waals surface area contributed by atoms with Crippen molar-refractivity contribution in [3.8, 4) is 0 Å². The van der Waals surface area contributed by atoms with Crippen LogP contribution in [-0.2, 0) is 6.42 Å². The van der Waals surface area contributed by atoms with E-state index < -0.39 is 0 Å². The Bertz CT molecular complexity index is 726. The first kappa shape index (κ1) is 13.7. The Labute approximate surface area is 124 Å². The maximum Gasteiger partial charge on any atom is 0.194 e. The van der Waals surface area contributed by atoms with Crippen LogP contribution in [0.2, 0.25) is 0 Å². The van der Waals surface area contributed by atoms with Crippen LogP contribution in [0.4, 0.5) is 0 Å². The van der Waals surface area contributed by atoms with Crippen LogP contribution in [0.25, 0.3) is 0 Å². The minimum absolute atomic E-state index is 0.0356. The summed E-state index contributed by atoms with van der Waals surface area (Å²) in [6.45, 7) is 4.37. The summed E-state index contributed by atoms with van der Waals surface area (Å²) in [6, 6.07) is 12.7. The highest BCUT2D eigenvalue weighted by Crippen LogP contribution is 2.28. The number of ketones is 2. The lowest BCUT2D eigenvalue weighted by Crippen LogP contribution is -2.21. The van der Waals surface area contributed by atoms with Gasteiger partial charge in [0.15, 0.2) is 11.6 Å². The van der Waals surface area contributed by atoms with E-state index in [1.54, 1.807) is 30.3 Å². The van der Waals surface area contributed by atoms with E-state index in [4.69, 9.17) is 0 Å². The summed E-state index contributed by atoms with van der Waals surface area (Å²) in [4.78, 5) is 25.1. The van der Waals surface area contributed by atoms with Crippen molar-refractivity contribution >= 4 is 11.6 Å². The van der Waals surface area contributed by atoms with Gasteiger partial charge in [0.05, 0.1) is 0 Å². The van der Waals surface area contributed by atoms with Crippen molar-refractivity contribution in [2.75, 3.05) is 0 Å². The van der Waals surface area contributed by atoms with Gasteiger partial charge in [0, 0.05) is 22.3 Å². The van der Waals surface area contributed by atoms with Gasteiger partial charge in [-0.15, -0.1) is 0 Å².